The zero-order valence-corrected chi connectivity index (χ0v) is 19.0. The van der Waals surface area contributed by atoms with E-state index in [0.29, 0.717) is 24.3 Å². The molecule has 2 aromatic rings. The van der Waals surface area contributed by atoms with Crippen LogP contribution in [-0.2, 0) is 9.53 Å². The van der Waals surface area contributed by atoms with E-state index in [4.69, 9.17) is 19.7 Å². The van der Waals surface area contributed by atoms with Crippen LogP contribution in [-0.4, -0.2) is 41.7 Å². The molecule has 0 bridgehead atoms. The Bertz CT molecular complexity index is 882. The highest BCUT2D eigenvalue weighted by Crippen LogP contribution is 2.31. The fourth-order valence-corrected chi connectivity index (χ4v) is 3.47. The predicted octanol–water partition coefficient (Wildman–Crippen LogP) is 5.13. The number of rotatable bonds is 12. The Morgan fingerprint density at radius 1 is 1.12 bits per heavy atom. The number of ether oxygens (including phenoxy) is 2. The lowest BCUT2D eigenvalue weighted by molar-refractivity contribution is -0.131. The van der Waals surface area contributed by atoms with Crippen molar-refractivity contribution in [3.63, 3.8) is 0 Å². The van der Waals surface area contributed by atoms with E-state index in [9.17, 15) is 9.59 Å². The predicted molar refractivity (Wildman–Crippen MR) is 125 cm³/mol. The van der Waals surface area contributed by atoms with Crippen LogP contribution >= 0.6 is 11.8 Å². The minimum atomic E-state index is -0.990. The number of aliphatic hydroxyl groups is 1. The molecule has 1 amide bonds. The van der Waals surface area contributed by atoms with E-state index in [1.165, 1.54) is 0 Å². The van der Waals surface area contributed by atoms with Gasteiger partial charge in [-0.1, -0.05) is 25.1 Å². The van der Waals surface area contributed by atoms with Crippen LogP contribution < -0.4 is 10.1 Å². The molecule has 32 heavy (non-hydrogen) atoms. The smallest absolute Gasteiger partial charge is 0.412 e. The highest BCUT2D eigenvalue weighted by Gasteiger charge is 2.23. The van der Waals surface area contributed by atoms with Gasteiger partial charge in [0.15, 0.2) is 0 Å². The van der Waals surface area contributed by atoms with Crippen LogP contribution in [0.15, 0.2) is 65.6 Å². The summed E-state index contributed by atoms with van der Waals surface area (Å²) in [7, 11) is 0. The third-order valence-electron chi connectivity index (χ3n) is 4.71. The molecule has 2 rings (SSSR count). The second kappa shape index (κ2) is 13.4. The molecule has 2 atom stereocenters. The van der Waals surface area contributed by atoms with Gasteiger partial charge in [-0.15, -0.1) is 11.8 Å². The molecule has 0 fully saturated rings. The van der Waals surface area contributed by atoms with E-state index >= 15 is 0 Å². The van der Waals surface area contributed by atoms with Gasteiger partial charge < -0.3 is 19.7 Å². The summed E-state index contributed by atoms with van der Waals surface area (Å²) in [6.07, 6.45) is 4.76. The van der Waals surface area contributed by atoms with Gasteiger partial charge in [0, 0.05) is 16.7 Å². The van der Waals surface area contributed by atoms with Crippen molar-refractivity contribution in [2.75, 3.05) is 24.8 Å². The number of benzene rings is 2. The summed E-state index contributed by atoms with van der Waals surface area (Å²) in [5, 5.41) is 20.4. The molecule has 3 N–H and O–H groups in total. The van der Waals surface area contributed by atoms with Crippen molar-refractivity contribution >= 4 is 29.5 Å². The summed E-state index contributed by atoms with van der Waals surface area (Å²) in [4.78, 5) is 24.4. The van der Waals surface area contributed by atoms with Crippen molar-refractivity contribution in [3.8, 4) is 5.75 Å². The molecule has 0 aliphatic heterocycles. The Kier molecular flexibility index (Phi) is 10.6. The third kappa shape index (κ3) is 8.64. The number of carbonyl (C=O) groups is 2. The SMILES string of the molecule is CSc1ccc(NC(=O)O[C@@H](c2ccc(OCCO)cc2)[C@H](C)CC/C=C/C(=O)O)cc1. The van der Waals surface area contributed by atoms with Crippen molar-refractivity contribution in [2.24, 2.45) is 5.92 Å². The molecule has 0 saturated carbocycles. The van der Waals surface area contributed by atoms with Crippen molar-refractivity contribution in [3.05, 3.63) is 66.2 Å². The maximum absolute atomic E-state index is 12.6. The largest absolute Gasteiger partial charge is 0.491 e. The van der Waals surface area contributed by atoms with Gasteiger partial charge in [-0.25, -0.2) is 9.59 Å². The number of hydrogen-bond donors (Lipinski definition) is 3. The summed E-state index contributed by atoms with van der Waals surface area (Å²) in [6.45, 7) is 2.08. The molecule has 0 heterocycles. The molecular formula is C24H29NO6S. The first-order valence-corrected chi connectivity index (χ1v) is 11.5. The lowest BCUT2D eigenvalue weighted by Gasteiger charge is -2.25. The van der Waals surface area contributed by atoms with E-state index in [1.54, 1.807) is 30.0 Å². The number of allylic oxidation sites excluding steroid dienone is 1. The number of nitrogens with one attached hydrogen (secondary N) is 1. The summed E-state index contributed by atoms with van der Waals surface area (Å²) >= 11 is 1.61. The number of carbonyl (C=O) groups excluding carboxylic acids is 1. The van der Waals surface area contributed by atoms with Crippen LogP contribution in [0.25, 0.3) is 0 Å². The molecule has 172 valence electrons. The lowest BCUT2D eigenvalue weighted by Crippen LogP contribution is -2.22. The van der Waals surface area contributed by atoms with Gasteiger partial charge in [0.05, 0.1) is 6.61 Å². The number of aliphatic hydroxyl groups excluding tert-OH is 1. The molecule has 0 spiro atoms. The van der Waals surface area contributed by atoms with Gasteiger partial charge >= 0.3 is 12.1 Å². The van der Waals surface area contributed by atoms with Crippen molar-refractivity contribution in [1.82, 2.24) is 0 Å². The summed E-state index contributed by atoms with van der Waals surface area (Å²) in [6, 6.07) is 14.6. The minimum Gasteiger partial charge on any atom is -0.491 e. The number of anilines is 1. The summed E-state index contributed by atoms with van der Waals surface area (Å²) < 4.78 is 11.2. The second-order valence-electron chi connectivity index (χ2n) is 7.12. The summed E-state index contributed by atoms with van der Waals surface area (Å²) in [5.41, 5.74) is 1.43. The number of amides is 1. The monoisotopic (exact) mass is 459 g/mol. The Morgan fingerprint density at radius 3 is 2.41 bits per heavy atom. The molecule has 7 nitrogen and oxygen atoms in total. The fraction of sp³-hybridized carbons (Fsp3) is 0.333. The first-order valence-electron chi connectivity index (χ1n) is 10.3. The lowest BCUT2D eigenvalue weighted by atomic mass is 9.93. The van der Waals surface area contributed by atoms with Crippen LogP contribution in [0, 0.1) is 5.92 Å². The Labute approximate surface area is 192 Å². The van der Waals surface area contributed by atoms with Gasteiger partial charge in [-0.3, -0.25) is 5.32 Å². The van der Waals surface area contributed by atoms with E-state index in [-0.39, 0.29) is 19.1 Å². The zero-order chi connectivity index (χ0) is 23.3. The van der Waals surface area contributed by atoms with Crippen molar-refractivity contribution in [2.45, 2.75) is 30.8 Å². The maximum atomic E-state index is 12.6. The highest BCUT2D eigenvalue weighted by atomic mass is 32.2. The molecule has 0 aliphatic rings. The molecule has 0 aliphatic carbocycles. The Hall–Kier alpha value is -2.97. The molecule has 0 aromatic heterocycles. The maximum Gasteiger partial charge on any atom is 0.412 e. The molecular weight excluding hydrogens is 430 g/mol. The third-order valence-corrected chi connectivity index (χ3v) is 5.45. The number of thioether (sulfide) groups is 1. The quantitative estimate of drug-likeness (QED) is 0.299. The average molecular weight is 460 g/mol. The molecule has 0 unspecified atom stereocenters. The summed E-state index contributed by atoms with van der Waals surface area (Å²) in [5.74, 6) is -0.449. The van der Waals surface area contributed by atoms with Crippen molar-refractivity contribution in [1.29, 1.82) is 0 Å². The Morgan fingerprint density at radius 2 is 1.81 bits per heavy atom. The fourth-order valence-electron chi connectivity index (χ4n) is 3.06. The molecule has 0 saturated heterocycles. The first kappa shape index (κ1) is 25.3. The molecule has 8 heteroatoms. The van der Waals surface area contributed by atoms with Gasteiger partial charge in [0.25, 0.3) is 0 Å². The van der Waals surface area contributed by atoms with Gasteiger partial charge in [0.1, 0.15) is 18.5 Å². The highest BCUT2D eigenvalue weighted by molar-refractivity contribution is 7.98. The van der Waals surface area contributed by atoms with Crippen LogP contribution in [0.2, 0.25) is 0 Å². The normalized spacial score (nSPS) is 12.8. The van der Waals surface area contributed by atoms with Crippen molar-refractivity contribution < 1.29 is 29.3 Å². The van der Waals surface area contributed by atoms with Crippen LogP contribution in [0.1, 0.15) is 31.4 Å². The number of hydrogen-bond acceptors (Lipinski definition) is 6. The van der Waals surface area contributed by atoms with E-state index in [0.717, 1.165) is 16.5 Å². The topological polar surface area (TPSA) is 105 Å². The van der Waals surface area contributed by atoms with Gasteiger partial charge in [0.2, 0.25) is 0 Å². The zero-order valence-electron chi connectivity index (χ0n) is 18.2. The second-order valence-corrected chi connectivity index (χ2v) is 8.00. The number of aliphatic carboxylic acids is 1. The van der Waals surface area contributed by atoms with Crippen LogP contribution in [0.4, 0.5) is 10.5 Å². The number of carboxylic acid groups (broad SMARTS) is 1. The standard InChI is InChI=1S/C24H29NO6S/c1-17(5-3-4-6-22(27)28)23(18-7-11-20(12-8-18)30-16-15-26)31-24(29)25-19-9-13-21(32-2)14-10-19/h4,6-14,17,23,26H,3,5,15-16H2,1-2H3,(H,25,29)(H,27,28)/b6-4+/t17-,23-/m1/s1. The van der Waals surface area contributed by atoms with E-state index in [2.05, 4.69) is 5.32 Å². The minimum absolute atomic E-state index is 0.0673. The Balaban J connectivity index is 2.10. The molecule has 2 aromatic carbocycles. The van der Waals surface area contributed by atoms with Gasteiger partial charge in [-0.05, 0) is 67.0 Å². The van der Waals surface area contributed by atoms with E-state index in [1.807, 2.05) is 49.6 Å². The first-order chi connectivity index (χ1) is 15.4. The van der Waals surface area contributed by atoms with E-state index < -0.39 is 18.2 Å². The molecule has 0 radical (unpaired) electrons. The average Bonchev–Trinajstić information content (AvgIpc) is 2.79. The van der Waals surface area contributed by atoms with Crippen LogP contribution in [0.3, 0.4) is 0 Å². The van der Waals surface area contributed by atoms with Gasteiger partial charge in [-0.2, -0.15) is 0 Å². The number of carboxylic acids is 1. The van der Waals surface area contributed by atoms with Crippen LogP contribution in [0.5, 0.6) is 5.75 Å².